The maximum Gasteiger partial charge on any atom is 0.232 e. The summed E-state index contributed by atoms with van der Waals surface area (Å²) < 4.78 is 11.6. The largest absolute Gasteiger partial charge is 0.392 e. The molecule has 0 saturated heterocycles. The predicted molar refractivity (Wildman–Crippen MR) is 77.8 cm³/mol. The quantitative estimate of drug-likeness (QED) is 0.924. The Labute approximate surface area is 126 Å². The second-order valence-corrected chi connectivity index (χ2v) is 6.69. The zero-order valence-electron chi connectivity index (χ0n) is 13.0. The first kappa shape index (κ1) is 15.0. The number of aliphatic hydroxyl groups excluding tert-OH is 1. The molecule has 5 nitrogen and oxygen atoms in total. The molecule has 1 N–H and O–H groups in total. The lowest BCUT2D eigenvalue weighted by Gasteiger charge is -2.37. The smallest absolute Gasteiger partial charge is 0.232 e. The van der Waals surface area contributed by atoms with Crippen LogP contribution in [0.15, 0.2) is 4.52 Å². The van der Waals surface area contributed by atoms with Crippen molar-refractivity contribution in [2.75, 3.05) is 6.61 Å². The molecule has 2 aliphatic carbocycles. The Morgan fingerprint density at radius 1 is 1.33 bits per heavy atom. The number of hydrogen-bond acceptors (Lipinski definition) is 5. The highest BCUT2D eigenvalue weighted by molar-refractivity contribution is 5.08. The molecule has 0 spiro atoms. The molecule has 21 heavy (non-hydrogen) atoms. The summed E-state index contributed by atoms with van der Waals surface area (Å²) in [6.07, 6.45) is 6.72. The number of aliphatic hydroxyl groups is 1. The fraction of sp³-hybridized carbons (Fsp3) is 0.875. The molecule has 1 heterocycles. The number of hydrogen-bond donors (Lipinski definition) is 1. The molecule has 3 rings (SSSR count). The first-order valence-electron chi connectivity index (χ1n) is 8.31. The molecule has 0 aliphatic heterocycles. The van der Waals surface area contributed by atoms with Crippen molar-refractivity contribution >= 4 is 0 Å². The van der Waals surface area contributed by atoms with Gasteiger partial charge in [0, 0.05) is 6.61 Å². The number of rotatable bonds is 4. The predicted octanol–water partition coefficient (Wildman–Crippen LogP) is 3.14. The molecule has 0 radical (unpaired) electrons. The molecule has 1 aromatic rings. The van der Waals surface area contributed by atoms with Crippen LogP contribution in [0.5, 0.6) is 0 Å². The van der Waals surface area contributed by atoms with Gasteiger partial charge in [0.1, 0.15) is 5.60 Å². The highest BCUT2D eigenvalue weighted by Gasteiger charge is 2.42. The molecule has 2 saturated carbocycles. The maximum atomic E-state index is 10.0. The average Bonchev–Trinajstić information content (AvgIpc) is 3.07. The fourth-order valence-electron chi connectivity index (χ4n) is 3.98. The fourth-order valence-corrected chi connectivity index (χ4v) is 3.98. The molecule has 4 atom stereocenters. The van der Waals surface area contributed by atoms with Gasteiger partial charge in [-0.05, 0) is 51.4 Å². The Morgan fingerprint density at radius 2 is 2.19 bits per heavy atom. The minimum atomic E-state index is -0.391. The van der Waals surface area contributed by atoms with Crippen molar-refractivity contribution in [3.05, 3.63) is 11.7 Å². The molecule has 5 heteroatoms. The van der Waals surface area contributed by atoms with Crippen molar-refractivity contribution in [3.63, 3.8) is 0 Å². The van der Waals surface area contributed by atoms with Gasteiger partial charge in [-0.2, -0.15) is 4.98 Å². The summed E-state index contributed by atoms with van der Waals surface area (Å²) in [6, 6.07) is 0. The molecule has 0 aromatic carbocycles. The minimum absolute atomic E-state index is 0.00550. The van der Waals surface area contributed by atoms with Crippen LogP contribution in [0, 0.1) is 5.92 Å². The number of ether oxygens (including phenoxy) is 1. The highest BCUT2D eigenvalue weighted by Crippen LogP contribution is 2.42. The van der Waals surface area contributed by atoms with Crippen LogP contribution in [0.3, 0.4) is 0 Å². The minimum Gasteiger partial charge on any atom is -0.392 e. The van der Waals surface area contributed by atoms with Gasteiger partial charge in [-0.25, -0.2) is 0 Å². The van der Waals surface area contributed by atoms with Gasteiger partial charge in [0.15, 0.2) is 0 Å². The van der Waals surface area contributed by atoms with Gasteiger partial charge >= 0.3 is 0 Å². The van der Waals surface area contributed by atoms with Gasteiger partial charge in [0.2, 0.25) is 11.7 Å². The van der Waals surface area contributed by atoms with E-state index in [-0.39, 0.29) is 12.0 Å². The third-order valence-corrected chi connectivity index (χ3v) is 5.02. The van der Waals surface area contributed by atoms with Crippen molar-refractivity contribution in [3.8, 4) is 0 Å². The van der Waals surface area contributed by atoms with E-state index in [9.17, 15) is 5.11 Å². The molecular weight excluding hydrogens is 268 g/mol. The van der Waals surface area contributed by atoms with Gasteiger partial charge in [0.05, 0.1) is 12.0 Å². The molecule has 0 amide bonds. The van der Waals surface area contributed by atoms with E-state index in [1.165, 1.54) is 6.42 Å². The summed E-state index contributed by atoms with van der Waals surface area (Å²) in [7, 11) is 0. The molecule has 118 valence electrons. The number of nitrogens with zero attached hydrogens (tertiary/aromatic N) is 2. The summed E-state index contributed by atoms with van der Waals surface area (Å²) in [4.78, 5) is 4.63. The third kappa shape index (κ3) is 2.86. The zero-order chi connectivity index (χ0) is 14.9. The first-order valence-corrected chi connectivity index (χ1v) is 8.31. The molecule has 4 unspecified atom stereocenters. The normalized spacial score (nSPS) is 37.0. The first-order chi connectivity index (χ1) is 10.1. The second-order valence-electron chi connectivity index (χ2n) is 6.69. The Morgan fingerprint density at radius 3 is 2.86 bits per heavy atom. The third-order valence-electron chi connectivity index (χ3n) is 5.02. The van der Waals surface area contributed by atoms with Crippen molar-refractivity contribution < 1.29 is 14.4 Å². The Kier molecular flexibility index (Phi) is 4.31. The molecular formula is C16H26N2O3. The van der Waals surface area contributed by atoms with Crippen molar-refractivity contribution in [1.29, 1.82) is 0 Å². The van der Waals surface area contributed by atoms with E-state index in [4.69, 9.17) is 9.26 Å². The van der Waals surface area contributed by atoms with Crippen LogP contribution in [0.1, 0.15) is 76.4 Å². The summed E-state index contributed by atoms with van der Waals surface area (Å²) in [5.41, 5.74) is -0.391. The molecule has 0 bridgehead atoms. The van der Waals surface area contributed by atoms with E-state index in [1.54, 1.807) is 0 Å². The highest BCUT2D eigenvalue weighted by atomic mass is 16.5. The van der Waals surface area contributed by atoms with Crippen LogP contribution in [-0.4, -0.2) is 28.0 Å². The maximum absolute atomic E-state index is 10.0. The standard InChI is InChI=1S/C16H26N2O3/c1-3-20-16(9-5-6-11(2)10-16)15-17-14(21-18-15)12-7-4-8-13(12)19/h11-13,19H,3-10H2,1-2H3. The van der Waals surface area contributed by atoms with Crippen LogP contribution in [-0.2, 0) is 10.3 Å². The summed E-state index contributed by atoms with van der Waals surface area (Å²) in [5, 5.41) is 14.2. The van der Waals surface area contributed by atoms with Crippen molar-refractivity contribution in [2.45, 2.75) is 76.4 Å². The van der Waals surface area contributed by atoms with Crippen molar-refractivity contribution in [2.24, 2.45) is 5.92 Å². The van der Waals surface area contributed by atoms with Gasteiger partial charge in [-0.1, -0.05) is 18.5 Å². The van der Waals surface area contributed by atoms with Gasteiger partial charge < -0.3 is 14.4 Å². The van der Waals surface area contributed by atoms with E-state index in [0.29, 0.717) is 24.2 Å². The second kappa shape index (κ2) is 6.05. The van der Waals surface area contributed by atoms with Crippen LogP contribution in [0.2, 0.25) is 0 Å². The topological polar surface area (TPSA) is 68.4 Å². The lowest BCUT2D eigenvalue weighted by atomic mass is 9.78. The lowest BCUT2D eigenvalue weighted by Crippen LogP contribution is -2.36. The van der Waals surface area contributed by atoms with E-state index in [0.717, 1.165) is 38.5 Å². The number of aromatic nitrogens is 2. The Bertz CT molecular complexity index is 472. The van der Waals surface area contributed by atoms with E-state index >= 15 is 0 Å². The average molecular weight is 294 g/mol. The molecule has 1 aromatic heterocycles. The van der Waals surface area contributed by atoms with Crippen LogP contribution >= 0.6 is 0 Å². The van der Waals surface area contributed by atoms with Gasteiger partial charge in [-0.15, -0.1) is 0 Å². The monoisotopic (exact) mass is 294 g/mol. The van der Waals surface area contributed by atoms with E-state index < -0.39 is 5.60 Å². The van der Waals surface area contributed by atoms with Crippen LogP contribution in [0.4, 0.5) is 0 Å². The van der Waals surface area contributed by atoms with Crippen LogP contribution < -0.4 is 0 Å². The SMILES string of the molecule is CCOC1(c2noc(C3CCCC3O)n2)CCCC(C)C1. The molecule has 2 fully saturated rings. The Hall–Kier alpha value is -0.940. The van der Waals surface area contributed by atoms with E-state index in [2.05, 4.69) is 17.1 Å². The van der Waals surface area contributed by atoms with E-state index in [1.807, 2.05) is 6.92 Å². The van der Waals surface area contributed by atoms with Crippen molar-refractivity contribution in [1.82, 2.24) is 10.1 Å². The lowest BCUT2D eigenvalue weighted by molar-refractivity contribution is -0.0891. The Balaban J connectivity index is 1.85. The van der Waals surface area contributed by atoms with Crippen LogP contribution in [0.25, 0.3) is 0 Å². The van der Waals surface area contributed by atoms with Gasteiger partial charge in [-0.3, -0.25) is 0 Å². The molecule has 2 aliphatic rings. The zero-order valence-corrected chi connectivity index (χ0v) is 13.0. The summed E-state index contributed by atoms with van der Waals surface area (Å²) >= 11 is 0. The summed E-state index contributed by atoms with van der Waals surface area (Å²) in [6.45, 7) is 4.93. The van der Waals surface area contributed by atoms with Gasteiger partial charge in [0.25, 0.3) is 0 Å². The summed E-state index contributed by atoms with van der Waals surface area (Å²) in [5.74, 6) is 1.90.